The Bertz CT molecular complexity index is 801. The number of thiophene rings is 1. The van der Waals surface area contributed by atoms with Gasteiger partial charge in [0.1, 0.15) is 10.3 Å². The van der Waals surface area contributed by atoms with Gasteiger partial charge in [0.25, 0.3) is 15.9 Å². The van der Waals surface area contributed by atoms with Crippen LogP contribution in [0.25, 0.3) is 0 Å². The number of sulfonamides is 1. The van der Waals surface area contributed by atoms with Crippen molar-refractivity contribution in [3.63, 3.8) is 0 Å². The Balaban J connectivity index is 1.69. The van der Waals surface area contributed by atoms with Gasteiger partial charge in [0, 0.05) is 18.8 Å². The lowest BCUT2D eigenvalue weighted by Gasteiger charge is -2.31. The highest BCUT2D eigenvalue weighted by molar-refractivity contribution is 7.91. The van der Waals surface area contributed by atoms with Crippen LogP contribution in [0.1, 0.15) is 5.56 Å². The zero-order valence-electron chi connectivity index (χ0n) is 13.1. The van der Waals surface area contributed by atoms with Crippen LogP contribution in [-0.2, 0) is 19.6 Å². The van der Waals surface area contributed by atoms with Crippen molar-refractivity contribution in [2.75, 3.05) is 25.0 Å². The van der Waals surface area contributed by atoms with Gasteiger partial charge in [-0.15, -0.1) is 11.3 Å². The molecule has 1 N–H and O–H groups in total. The van der Waals surface area contributed by atoms with E-state index in [4.69, 9.17) is 4.74 Å². The summed E-state index contributed by atoms with van der Waals surface area (Å²) in [4.78, 5) is 12.4. The van der Waals surface area contributed by atoms with E-state index in [0.29, 0.717) is 5.69 Å². The second kappa shape index (κ2) is 7.02. The Hall–Kier alpha value is -1.74. The topological polar surface area (TPSA) is 75.7 Å². The average Bonchev–Trinajstić information content (AvgIpc) is 3.12. The van der Waals surface area contributed by atoms with Gasteiger partial charge in [0.05, 0.1) is 6.61 Å². The number of hydrogen-bond donors (Lipinski definition) is 1. The van der Waals surface area contributed by atoms with Crippen molar-refractivity contribution >= 4 is 33.0 Å². The first-order valence-electron chi connectivity index (χ1n) is 7.49. The van der Waals surface area contributed by atoms with Gasteiger partial charge >= 0.3 is 0 Å². The summed E-state index contributed by atoms with van der Waals surface area (Å²) >= 11 is 1.17. The zero-order valence-corrected chi connectivity index (χ0v) is 14.8. The summed E-state index contributed by atoms with van der Waals surface area (Å²) in [6, 6.07) is 10.7. The number of nitrogens with one attached hydrogen (secondary N) is 1. The highest BCUT2D eigenvalue weighted by Gasteiger charge is 2.34. The van der Waals surface area contributed by atoms with Gasteiger partial charge in [0.15, 0.2) is 0 Å². The van der Waals surface area contributed by atoms with E-state index in [-0.39, 0.29) is 29.8 Å². The molecule has 1 atom stereocenters. The van der Waals surface area contributed by atoms with Gasteiger partial charge in [-0.25, -0.2) is 8.42 Å². The number of anilines is 1. The maximum Gasteiger partial charge on any atom is 0.254 e. The molecule has 2 aromatic rings. The van der Waals surface area contributed by atoms with Gasteiger partial charge in [0.2, 0.25) is 0 Å². The molecule has 24 heavy (non-hydrogen) atoms. The van der Waals surface area contributed by atoms with Crippen LogP contribution in [-0.4, -0.2) is 44.4 Å². The predicted molar refractivity (Wildman–Crippen MR) is 92.6 cm³/mol. The van der Waals surface area contributed by atoms with Crippen LogP contribution >= 0.6 is 11.3 Å². The van der Waals surface area contributed by atoms with Gasteiger partial charge in [-0.3, -0.25) is 4.79 Å². The summed E-state index contributed by atoms with van der Waals surface area (Å²) in [5.74, 6) is -0.343. The van der Waals surface area contributed by atoms with Crippen LogP contribution in [0.2, 0.25) is 0 Å². The van der Waals surface area contributed by atoms with Gasteiger partial charge in [-0.2, -0.15) is 4.31 Å². The monoisotopic (exact) mass is 366 g/mol. The molecule has 2 heterocycles. The molecule has 0 aliphatic carbocycles. The van der Waals surface area contributed by atoms with Gasteiger partial charge < -0.3 is 10.1 Å². The minimum atomic E-state index is -3.57. The maximum atomic E-state index is 12.6. The normalized spacial score (nSPS) is 19.1. The zero-order chi connectivity index (χ0) is 17.2. The molecule has 1 aromatic heterocycles. The lowest BCUT2D eigenvalue weighted by Crippen LogP contribution is -2.49. The predicted octanol–water partition coefficient (Wildman–Crippen LogP) is 2.08. The number of carbonyl (C=O) groups excluding carboxylic acids is 1. The second-order valence-corrected chi connectivity index (χ2v) is 8.62. The Morgan fingerprint density at radius 2 is 2.04 bits per heavy atom. The fraction of sp³-hybridized carbons (Fsp3) is 0.312. The van der Waals surface area contributed by atoms with Crippen molar-refractivity contribution in [2.45, 2.75) is 17.2 Å². The Kier molecular flexibility index (Phi) is 5.00. The summed E-state index contributed by atoms with van der Waals surface area (Å²) in [6.45, 7) is 2.41. The highest BCUT2D eigenvalue weighted by atomic mass is 32.2. The van der Waals surface area contributed by atoms with Crippen LogP contribution in [0.3, 0.4) is 0 Å². The van der Waals surface area contributed by atoms with Crippen molar-refractivity contribution in [1.29, 1.82) is 0 Å². The third-order valence-corrected chi connectivity index (χ3v) is 6.97. The van der Waals surface area contributed by atoms with Crippen LogP contribution < -0.4 is 5.32 Å². The molecule has 1 aliphatic rings. The van der Waals surface area contributed by atoms with Crippen molar-refractivity contribution in [3.8, 4) is 0 Å². The molecule has 1 amide bonds. The minimum Gasteiger partial charge on any atom is -0.366 e. The van der Waals surface area contributed by atoms with E-state index < -0.39 is 16.1 Å². The van der Waals surface area contributed by atoms with E-state index in [1.165, 1.54) is 15.6 Å². The SMILES string of the molecule is Cc1ccc(NC(=O)[C@H]2CN(S(=O)(=O)c3cccs3)CCO2)cc1. The number of hydrogen-bond acceptors (Lipinski definition) is 5. The molecular weight excluding hydrogens is 348 g/mol. The Morgan fingerprint density at radius 1 is 1.29 bits per heavy atom. The van der Waals surface area contributed by atoms with E-state index in [1.54, 1.807) is 29.6 Å². The van der Waals surface area contributed by atoms with Crippen molar-refractivity contribution < 1.29 is 17.9 Å². The molecule has 1 aliphatic heterocycles. The molecule has 1 saturated heterocycles. The number of morpholine rings is 1. The quantitative estimate of drug-likeness (QED) is 0.899. The molecule has 3 rings (SSSR count). The summed E-state index contributed by atoms with van der Waals surface area (Å²) in [7, 11) is -3.57. The molecular formula is C16H18N2O4S2. The van der Waals surface area contributed by atoms with E-state index in [1.807, 2.05) is 19.1 Å². The smallest absolute Gasteiger partial charge is 0.254 e. The number of rotatable bonds is 4. The number of amides is 1. The number of benzene rings is 1. The third-order valence-electron chi connectivity index (χ3n) is 3.73. The summed E-state index contributed by atoms with van der Waals surface area (Å²) < 4.78 is 32.2. The molecule has 8 heteroatoms. The maximum absolute atomic E-state index is 12.6. The molecule has 128 valence electrons. The van der Waals surface area contributed by atoms with Crippen LogP contribution in [0.4, 0.5) is 5.69 Å². The van der Waals surface area contributed by atoms with Gasteiger partial charge in [-0.05, 0) is 30.5 Å². The van der Waals surface area contributed by atoms with Crippen LogP contribution in [0.15, 0.2) is 46.0 Å². The summed E-state index contributed by atoms with van der Waals surface area (Å²) in [6.07, 6.45) is -0.824. The van der Waals surface area contributed by atoms with Gasteiger partial charge in [-0.1, -0.05) is 23.8 Å². The molecule has 0 radical (unpaired) electrons. The first kappa shape index (κ1) is 17.1. The Morgan fingerprint density at radius 3 is 2.71 bits per heavy atom. The second-order valence-electron chi connectivity index (χ2n) is 5.51. The first-order valence-corrected chi connectivity index (χ1v) is 9.81. The van der Waals surface area contributed by atoms with Crippen LogP contribution in [0.5, 0.6) is 0 Å². The Labute approximate surface area is 145 Å². The lowest BCUT2D eigenvalue weighted by molar-refractivity contribution is -0.130. The van der Waals surface area contributed by atoms with E-state index in [0.717, 1.165) is 5.56 Å². The number of ether oxygens (including phenoxy) is 1. The number of carbonyl (C=O) groups is 1. The molecule has 0 spiro atoms. The molecule has 6 nitrogen and oxygen atoms in total. The average molecular weight is 366 g/mol. The fourth-order valence-electron chi connectivity index (χ4n) is 2.40. The third kappa shape index (κ3) is 3.67. The van der Waals surface area contributed by atoms with E-state index in [9.17, 15) is 13.2 Å². The van der Waals surface area contributed by atoms with E-state index >= 15 is 0 Å². The molecule has 0 unspecified atom stereocenters. The van der Waals surface area contributed by atoms with Crippen molar-refractivity contribution in [3.05, 3.63) is 47.3 Å². The molecule has 0 bridgehead atoms. The summed E-state index contributed by atoms with van der Waals surface area (Å²) in [5, 5.41) is 4.48. The largest absolute Gasteiger partial charge is 0.366 e. The minimum absolute atomic E-state index is 0.0118. The van der Waals surface area contributed by atoms with E-state index in [2.05, 4.69) is 5.32 Å². The standard InChI is InChI=1S/C16H18N2O4S2/c1-12-4-6-13(7-5-12)17-16(19)14-11-18(8-9-22-14)24(20,21)15-3-2-10-23-15/h2-7,10,14H,8-9,11H2,1H3,(H,17,19)/t14-/m1/s1. The number of nitrogens with zero attached hydrogens (tertiary/aromatic N) is 1. The van der Waals surface area contributed by atoms with Crippen LogP contribution in [0, 0.1) is 6.92 Å². The lowest BCUT2D eigenvalue weighted by atomic mass is 10.2. The molecule has 0 saturated carbocycles. The highest BCUT2D eigenvalue weighted by Crippen LogP contribution is 2.23. The summed E-state index contributed by atoms with van der Waals surface area (Å²) in [5.41, 5.74) is 1.75. The first-order chi connectivity index (χ1) is 11.5. The molecule has 1 fully saturated rings. The number of aryl methyl sites for hydroxylation is 1. The van der Waals surface area contributed by atoms with Crippen molar-refractivity contribution in [1.82, 2.24) is 4.31 Å². The molecule has 1 aromatic carbocycles. The fourth-order valence-corrected chi connectivity index (χ4v) is 4.97. The van der Waals surface area contributed by atoms with Crippen molar-refractivity contribution in [2.24, 2.45) is 0 Å².